The van der Waals surface area contributed by atoms with E-state index in [1.54, 1.807) is 0 Å². The van der Waals surface area contributed by atoms with Crippen LogP contribution in [0.2, 0.25) is 0 Å². The summed E-state index contributed by atoms with van der Waals surface area (Å²) in [5.41, 5.74) is -0.418. The van der Waals surface area contributed by atoms with Gasteiger partial charge in [0.05, 0.1) is 0 Å². The minimum Gasteiger partial charge on any atom is -0.299 e. The molecule has 0 radical (unpaired) electrons. The van der Waals surface area contributed by atoms with E-state index >= 15 is 0 Å². The number of carbonyl (C=O) groups excluding carboxylic acids is 3. The molecule has 0 aromatic rings. The standard InChI is InChI=1S/C15H20O3/c1-8-11(16)5-3-9-10-4-6-13(18)15(10,2)7-12(17)14(8)9/h8-10,14H,3-7H2,1-2H3. The molecular weight excluding hydrogens is 228 g/mol. The first-order valence-corrected chi connectivity index (χ1v) is 7.04. The first kappa shape index (κ1) is 12.1. The third kappa shape index (κ3) is 1.39. The lowest BCUT2D eigenvalue weighted by molar-refractivity contribution is -0.151. The van der Waals surface area contributed by atoms with Crippen molar-refractivity contribution in [3.05, 3.63) is 0 Å². The van der Waals surface area contributed by atoms with Crippen molar-refractivity contribution >= 4 is 17.3 Å². The van der Waals surface area contributed by atoms with Gasteiger partial charge in [-0.2, -0.15) is 0 Å². The molecule has 3 nitrogen and oxygen atoms in total. The SMILES string of the molecule is CC1C(=O)CCC2C1C(=O)CC1(C)C(=O)CCC21. The average molecular weight is 248 g/mol. The molecule has 3 aliphatic rings. The lowest BCUT2D eigenvalue weighted by atomic mass is 9.54. The Balaban J connectivity index is 1.98. The van der Waals surface area contributed by atoms with Gasteiger partial charge in [0, 0.05) is 36.5 Å². The second kappa shape index (κ2) is 3.75. The van der Waals surface area contributed by atoms with Gasteiger partial charge >= 0.3 is 0 Å². The van der Waals surface area contributed by atoms with Crippen LogP contribution in [-0.2, 0) is 14.4 Å². The molecule has 0 heterocycles. The molecule has 18 heavy (non-hydrogen) atoms. The van der Waals surface area contributed by atoms with Gasteiger partial charge in [0.15, 0.2) is 0 Å². The predicted molar refractivity (Wildman–Crippen MR) is 65.8 cm³/mol. The van der Waals surface area contributed by atoms with Crippen LogP contribution in [0.15, 0.2) is 0 Å². The van der Waals surface area contributed by atoms with Crippen molar-refractivity contribution in [2.45, 2.75) is 46.0 Å². The summed E-state index contributed by atoms with van der Waals surface area (Å²) >= 11 is 0. The van der Waals surface area contributed by atoms with Gasteiger partial charge in [-0.15, -0.1) is 0 Å². The van der Waals surface area contributed by atoms with Crippen LogP contribution in [0.1, 0.15) is 46.0 Å². The number of hydrogen-bond donors (Lipinski definition) is 0. The van der Waals surface area contributed by atoms with Crippen molar-refractivity contribution in [3.63, 3.8) is 0 Å². The van der Waals surface area contributed by atoms with Gasteiger partial charge in [0.2, 0.25) is 0 Å². The Bertz CT molecular complexity index is 439. The van der Waals surface area contributed by atoms with Crippen LogP contribution in [0.5, 0.6) is 0 Å². The van der Waals surface area contributed by atoms with Gasteiger partial charge < -0.3 is 0 Å². The Labute approximate surface area is 107 Å². The maximum absolute atomic E-state index is 12.4. The van der Waals surface area contributed by atoms with E-state index in [0.717, 1.165) is 12.8 Å². The highest BCUT2D eigenvalue weighted by atomic mass is 16.1. The molecule has 0 N–H and O–H groups in total. The molecule has 3 rings (SSSR count). The zero-order valence-corrected chi connectivity index (χ0v) is 11.1. The van der Waals surface area contributed by atoms with Gasteiger partial charge in [0.1, 0.15) is 17.3 Å². The normalized spacial score (nSPS) is 48.0. The summed E-state index contributed by atoms with van der Waals surface area (Å²) in [5.74, 6) is 1.04. The molecule has 0 amide bonds. The van der Waals surface area contributed by atoms with Crippen LogP contribution in [0.4, 0.5) is 0 Å². The number of rotatable bonds is 0. The summed E-state index contributed by atoms with van der Waals surface area (Å²) in [5, 5.41) is 0. The number of fused-ring (bicyclic) bond motifs is 3. The van der Waals surface area contributed by atoms with E-state index in [-0.39, 0.29) is 35.1 Å². The summed E-state index contributed by atoms with van der Waals surface area (Å²) in [6, 6.07) is 0. The highest BCUT2D eigenvalue weighted by Gasteiger charge is 2.58. The van der Waals surface area contributed by atoms with Gasteiger partial charge in [0.25, 0.3) is 0 Å². The maximum atomic E-state index is 12.4. The molecule has 3 fully saturated rings. The van der Waals surface area contributed by atoms with Gasteiger partial charge in [-0.25, -0.2) is 0 Å². The second-order valence-electron chi connectivity index (χ2n) is 6.61. The van der Waals surface area contributed by atoms with Crippen molar-refractivity contribution in [2.24, 2.45) is 29.1 Å². The quantitative estimate of drug-likeness (QED) is 0.660. The van der Waals surface area contributed by atoms with Crippen LogP contribution < -0.4 is 0 Å². The number of Topliss-reactive ketones (excluding diaryl/α,β-unsaturated/α-hetero) is 3. The van der Waals surface area contributed by atoms with Gasteiger partial charge in [-0.05, 0) is 24.7 Å². The average Bonchev–Trinajstić information content (AvgIpc) is 2.60. The Morgan fingerprint density at radius 1 is 1.06 bits per heavy atom. The topological polar surface area (TPSA) is 51.2 Å². The second-order valence-corrected chi connectivity index (χ2v) is 6.61. The van der Waals surface area contributed by atoms with Crippen LogP contribution in [0, 0.1) is 29.1 Å². The zero-order chi connectivity index (χ0) is 13.1. The number of hydrogen-bond acceptors (Lipinski definition) is 3. The van der Waals surface area contributed by atoms with Crippen molar-refractivity contribution in [1.82, 2.24) is 0 Å². The molecule has 0 saturated heterocycles. The third-order valence-corrected chi connectivity index (χ3v) is 5.80. The van der Waals surface area contributed by atoms with E-state index in [4.69, 9.17) is 0 Å². The summed E-state index contributed by atoms with van der Waals surface area (Å²) in [6.07, 6.45) is 3.32. The molecule has 0 aromatic carbocycles. The largest absolute Gasteiger partial charge is 0.299 e. The Morgan fingerprint density at radius 2 is 1.78 bits per heavy atom. The number of carbonyl (C=O) groups is 3. The summed E-state index contributed by atoms with van der Waals surface area (Å²) in [4.78, 5) is 36.3. The van der Waals surface area contributed by atoms with E-state index in [1.165, 1.54) is 0 Å². The highest BCUT2D eigenvalue weighted by molar-refractivity contribution is 5.97. The first-order valence-electron chi connectivity index (χ1n) is 7.04. The summed E-state index contributed by atoms with van der Waals surface area (Å²) < 4.78 is 0. The molecule has 0 aromatic heterocycles. The molecule has 3 aliphatic carbocycles. The van der Waals surface area contributed by atoms with Crippen molar-refractivity contribution < 1.29 is 14.4 Å². The summed E-state index contributed by atoms with van der Waals surface area (Å²) in [6.45, 7) is 3.87. The Hall–Kier alpha value is -0.990. The van der Waals surface area contributed by atoms with Crippen molar-refractivity contribution in [1.29, 1.82) is 0 Å². The maximum Gasteiger partial charge on any atom is 0.139 e. The molecule has 3 saturated carbocycles. The van der Waals surface area contributed by atoms with E-state index in [9.17, 15) is 14.4 Å². The van der Waals surface area contributed by atoms with E-state index < -0.39 is 5.41 Å². The minimum absolute atomic E-state index is 0.102. The monoisotopic (exact) mass is 248 g/mol. The van der Waals surface area contributed by atoms with E-state index in [0.29, 0.717) is 25.2 Å². The molecule has 0 aliphatic heterocycles. The van der Waals surface area contributed by atoms with E-state index in [1.807, 2.05) is 13.8 Å². The van der Waals surface area contributed by atoms with E-state index in [2.05, 4.69) is 0 Å². The van der Waals surface area contributed by atoms with Crippen LogP contribution in [0.25, 0.3) is 0 Å². The van der Waals surface area contributed by atoms with Crippen molar-refractivity contribution in [3.8, 4) is 0 Å². The zero-order valence-electron chi connectivity index (χ0n) is 11.1. The van der Waals surface area contributed by atoms with Crippen LogP contribution in [0.3, 0.4) is 0 Å². The molecule has 5 unspecified atom stereocenters. The lowest BCUT2D eigenvalue weighted by Crippen LogP contribution is -2.51. The third-order valence-electron chi connectivity index (χ3n) is 5.80. The van der Waals surface area contributed by atoms with Crippen LogP contribution >= 0.6 is 0 Å². The fourth-order valence-corrected chi connectivity index (χ4v) is 4.75. The Morgan fingerprint density at radius 3 is 2.50 bits per heavy atom. The van der Waals surface area contributed by atoms with Crippen LogP contribution in [-0.4, -0.2) is 17.3 Å². The fraction of sp³-hybridized carbons (Fsp3) is 0.800. The summed E-state index contributed by atoms with van der Waals surface area (Å²) in [7, 11) is 0. The molecule has 3 heteroatoms. The predicted octanol–water partition coefficient (Wildman–Crippen LogP) is 2.18. The molecule has 0 bridgehead atoms. The number of ketones is 3. The molecule has 5 atom stereocenters. The fourth-order valence-electron chi connectivity index (χ4n) is 4.75. The van der Waals surface area contributed by atoms with Gasteiger partial charge in [-0.3, -0.25) is 14.4 Å². The smallest absolute Gasteiger partial charge is 0.139 e. The highest BCUT2D eigenvalue weighted by Crippen LogP contribution is 2.56. The van der Waals surface area contributed by atoms with Crippen molar-refractivity contribution in [2.75, 3.05) is 0 Å². The minimum atomic E-state index is -0.418. The molecular formula is C15H20O3. The molecule has 0 spiro atoms. The Kier molecular flexibility index (Phi) is 2.51. The molecule has 98 valence electrons. The van der Waals surface area contributed by atoms with Gasteiger partial charge in [-0.1, -0.05) is 13.8 Å². The first-order chi connectivity index (χ1) is 8.45. The lowest BCUT2D eigenvalue weighted by Gasteiger charge is -2.48.